The van der Waals surface area contributed by atoms with Crippen LogP contribution >= 0.6 is 0 Å². The third kappa shape index (κ3) is 7.25. The number of guanidine groups is 1. The fourth-order valence-corrected chi connectivity index (χ4v) is 3.07. The molecule has 27 heavy (non-hydrogen) atoms. The van der Waals surface area contributed by atoms with Crippen LogP contribution in [0.1, 0.15) is 63.9 Å². The van der Waals surface area contributed by atoms with Gasteiger partial charge in [0.2, 0.25) is 0 Å². The van der Waals surface area contributed by atoms with Gasteiger partial charge in [-0.3, -0.25) is 4.79 Å². The molecule has 1 atom stereocenters. The third-order valence-electron chi connectivity index (χ3n) is 4.61. The summed E-state index contributed by atoms with van der Waals surface area (Å²) < 4.78 is 11.0. The van der Waals surface area contributed by atoms with E-state index in [2.05, 4.69) is 15.6 Å². The van der Waals surface area contributed by atoms with Crippen LogP contribution in [-0.2, 0) is 15.1 Å². The Labute approximate surface area is 161 Å². The van der Waals surface area contributed by atoms with Gasteiger partial charge in [0.15, 0.2) is 5.96 Å². The van der Waals surface area contributed by atoms with Crippen molar-refractivity contribution in [1.29, 1.82) is 0 Å². The maximum absolute atomic E-state index is 11.8. The molecule has 0 amide bonds. The Morgan fingerprint density at radius 1 is 1.37 bits per heavy atom. The number of esters is 1. The van der Waals surface area contributed by atoms with E-state index in [1.54, 1.807) is 13.0 Å². The number of carbonyl (C=O) groups is 1. The van der Waals surface area contributed by atoms with Gasteiger partial charge in [0.25, 0.3) is 0 Å². The highest BCUT2D eigenvalue weighted by atomic mass is 16.5. The lowest BCUT2D eigenvalue weighted by Crippen LogP contribution is -2.39. The Hall–Kier alpha value is -2.02. The zero-order chi connectivity index (χ0) is 19.7. The molecule has 1 saturated carbocycles. The Morgan fingerprint density at radius 2 is 2.11 bits per heavy atom. The summed E-state index contributed by atoms with van der Waals surface area (Å²) in [5.74, 6) is 1.73. The zero-order valence-corrected chi connectivity index (χ0v) is 16.7. The predicted octanol–water partition coefficient (Wildman–Crippen LogP) is 2.62. The molecule has 0 spiro atoms. The van der Waals surface area contributed by atoms with E-state index in [1.807, 2.05) is 19.9 Å². The molecule has 0 radical (unpaired) electrons. The van der Waals surface area contributed by atoms with Crippen LogP contribution in [0.3, 0.4) is 0 Å². The largest absolute Gasteiger partial charge is 0.463 e. The number of nitrogens with zero attached hydrogens (tertiary/aromatic N) is 1. The van der Waals surface area contributed by atoms with Gasteiger partial charge in [-0.05, 0) is 65.0 Å². The van der Waals surface area contributed by atoms with Gasteiger partial charge in [-0.2, -0.15) is 0 Å². The van der Waals surface area contributed by atoms with Crippen molar-refractivity contribution in [2.75, 3.05) is 19.6 Å². The number of carbonyl (C=O) groups excluding carboxylic acids is 1. The lowest BCUT2D eigenvalue weighted by Gasteiger charge is -2.19. The smallest absolute Gasteiger partial charge is 0.306 e. The summed E-state index contributed by atoms with van der Waals surface area (Å²) in [4.78, 5) is 16.3. The normalized spacial score (nSPS) is 17.6. The molecule has 1 aliphatic carbocycles. The van der Waals surface area contributed by atoms with E-state index >= 15 is 0 Å². The van der Waals surface area contributed by atoms with Gasteiger partial charge < -0.3 is 24.9 Å². The summed E-state index contributed by atoms with van der Waals surface area (Å²) in [5.41, 5.74) is -1.18. The summed E-state index contributed by atoms with van der Waals surface area (Å²) in [6.45, 7) is 6.97. The number of aliphatic hydroxyl groups is 1. The maximum atomic E-state index is 11.8. The van der Waals surface area contributed by atoms with Gasteiger partial charge in [-0.1, -0.05) is 0 Å². The van der Waals surface area contributed by atoms with Gasteiger partial charge in [0, 0.05) is 19.5 Å². The number of furan rings is 1. The molecule has 152 valence electrons. The average molecular weight is 380 g/mol. The monoisotopic (exact) mass is 379 g/mol. The summed E-state index contributed by atoms with van der Waals surface area (Å²) in [6, 6.07) is 3.59. The molecule has 7 nitrogen and oxygen atoms in total. The van der Waals surface area contributed by atoms with Gasteiger partial charge in [0.05, 0.1) is 6.54 Å². The molecular weight excluding hydrogens is 346 g/mol. The lowest BCUT2D eigenvalue weighted by molar-refractivity contribution is -0.148. The van der Waals surface area contributed by atoms with Gasteiger partial charge >= 0.3 is 5.97 Å². The Bertz CT molecular complexity index is 618. The predicted molar refractivity (Wildman–Crippen MR) is 105 cm³/mol. The van der Waals surface area contributed by atoms with Crippen molar-refractivity contribution in [2.24, 2.45) is 4.99 Å². The van der Waals surface area contributed by atoms with Crippen LogP contribution in [-0.4, -0.2) is 42.8 Å². The van der Waals surface area contributed by atoms with E-state index in [-0.39, 0.29) is 18.6 Å². The summed E-state index contributed by atoms with van der Waals surface area (Å²) in [7, 11) is 0. The highest BCUT2D eigenvalue weighted by molar-refractivity contribution is 5.79. The van der Waals surface area contributed by atoms with Crippen molar-refractivity contribution < 1.29 is 19.1 Å². The third-order valence-corrected chi connectivity index (χ3v) is 4.61. The van der Waals surface area contributed by atoms with Crippen LogP contribution in [0.5, 0.6) is 0 Å². The van der Waals surface area contributed by atoms with Crippen LogP contribution in [0.15, 0.2) is 21.5 Å². The fraction of sp³-hybridized carbons (Fsp3) is 0.700. The van der Waals surface area contributed by atoms with Crippen molar-refractivity contribution in [1.82, 2.24) is 10.6 Å². The first-order valence-corrected chi connectivity index (χ1v) is 9.91. The Kier molecular flexibility index (Phi) is 8.16. The number of nitrogens with one attached hydrogen (secondary N) is 2. The molecule has 1 aromatic rings. The molecule has 1 unspecified atom stereocenters. The van der Waals surface area contributed by atoms with E-state index in [1.165, 1.54) is 0 Å². The van der Waals surface area contributed by atoms with Crippen LogP contribution in [0.4, 0.5) is 0 Å². The molecule has 1 aromatic heterocycles. The van der Waals surface area contributed by atoms with Crippen LogP contribution in [0.25, 0.3) is 0 Å². The van der Waals surface area contributed by atoms with Crippen LogP contribution in [0.2, 0.25) is 0 Å². The summed E-state index contributed by atoms with van der Waals surface area (Å²) >= 11 is 0. The lowest BCUT2D eigenvalue weighted by atomic mass is 10.0. The molecule has 0 saturated heterocycles. The molecule has 1 fully saturated rings. The number of ether oxygens (including phenoxy) is 1. The van der Waals surface area contributed by atoms with Crippen molar-refractivity contribution >= 4 is 11.9 Å². The highest BCUT2D eigenvalue weighted by Crippen LogP contribution is 2.23. The quantitative estimate of drug-likeness (QED) is 0.264. The van der Waals surface area contributed by atoms with Crippen LogP contribution in [0, 0.1) is 6.92 Å². The molecule has 2 rings (SSSR count). The highest BCUT2D eigenvalue weighted by Gasteiger charge is 2.26. The first kappa shape index (κ1) is 21.3. The number of hydrogen-bond donors (Lipinski definition) is 3. The Balaban J connectivity index is 1.75. The minimum absolute atomic E-state index is 0.122. The van der Waals surface area contributed by atoms with E-state index in [0.717, 1.165) is 31.4 Å². The van der Waals surface area contributed by atoms with E-state index in [0.29, 0.717) is 37.7 Å². The van der Waals surface area contributed by atoms with Gasteiger partial charge in [0.1, 0.15) is 23.2 Å². The number of hydrogen-bond acceptors (Lipinski definition) is 5. The zero-order valence-electron chi connectivity index (χ0n) is 16.7. The van der Waals surface area contributed by atoms with Crippen molar-refractivity contribution in [2.45, 2.75) is 71.0 Å². The molecular formula is C20H33N3O4. The molecule has 0 bridgehead atoms. The van der Waals surface area contributed by atoms with E-state index in [4.69, 9.17) is 9.15 Å². The van der Waals surface area contributed by atoms with Crippen molar-refractivity contribution in [3.05, 3.63) is 23.7 Å². The molecule has 0 aliphatic heterocycles. The molecule has 3 N–H and O–H groups in total. The standard InChI is InChI=1S/C20H33N3O4/c1-4-21-19(23-14-20(3,25)17-12-11-15(2)26-17)22-13-7-10-18(24)27-16-8-5-6-9-16/h11-12,16,25H,4-10,13-14H2,1-3H3,(H2,21,22,23). The first-order valence-electron chi connectivity index (χ1n) is 9.91. The first-order chi connectivity index (χ1) is 12.9. The second-order valence-corrected chi connectivity index (χ2v) is 7.31. The molecule has 0 aromatic carbocycles. The molecule has 7 heteroatoms. The fourth-order valence-electron chi connectivity index (χ4n) is 3.07. The number of rotatable bonds is 9. The van der Waals surface area contributed by atoms with Crippen LogP contribution < -0.4 is 10.6 Å². The minimum atomic E-state index is -1.18. The van der Waals surface area contributed by atoms with Gasteiger partial charge in [-0.25, -0.2) is 4.99 Å². The minimum Gasteiger partial charge on any atom is -0.463 e. The Morgan fingerprint density at radius 3 is 2.74 bits per heavy atom. The summed E-state index contributed by atoms with van der Waals surface area (Å²) in [6.07, 6.45) is 5.49. The molecule has 1 heterocycles. The second kappa shape index (κ2) is 10.3. The number of aryl methyl sites for hydroxylation is 1. The molecule has 1 aliphatic rings. The average Bonchev–Trinajstić information content (AvgIpc) is 3.28. The summed E-state index contributed by atoms with van der Waals surface area (Å²) in [5, 5.41) is 16.9. The number of aliphatic imine (C=N–C) groups is 1. The maximum Gasteiger partial charge on any atom is 0.306 e. The topological polar surface area (TPSA) is 96.1 Å². The van der Waals surface area contributed by atoms with Gasteiger partial charge in [-0.15, -0.1) is 0 Å². The van der Waals surface area contributed by atoms with Crippen molar-refractivity contribution in [3.8, 4) is 0 Å². The van der Waals surface area contributed by atoms with E-state index in [9.17, 15) is 9.90 Å². The SMILES string of the molecule is CCNC(=NCC(C)(O)c1ccc(C)o1)NCCCC(=O)OC1CCCC1. The van der Waals surface area contributed by atoms with E-state index < -0.39 is 5.60 Å². The second-order valence-electron chi connectivity index (χ2n) is 7.31. The van der Waals surface area contributed by atoms with Crippen molar-refractivity contribution in [3.63, 3.8) is 0 Å².